The Labute approximate surface area is 105 Å². The van der Waals surface area contributed by atoms with Crippen molar-refractivity contribution in [2.45, 2.75) is 25.4 Å². The molecule has 0 radical (unpaired) electrons. The lowest BCUT2D eigenvalue weighted by Crippen LogP contribution is -2.15. The van der Waals surface area contributed by atoms with Gasteiger partial charge in [0.25, 0.3) is 0 Å². The number of H-pyrrole nitrogens is 1. The lowest BCUT2D eigenvalue weighted by molar-refractivity contribution is 0.677. The molecule has 1 aliphatic carbocycles. The van der Waals surface area contributed by atoms with Gasteiger partial charge >= 0.3 is 0 Å². The van der Waals surface area contributed by atoms with Crippen LogP contribution in [0, 0.1) is 0 Å². The zero-order chi connectivity index (χ0) is 11.7. The first kappa shape index (κ1) is 10.8. The molecular formula is C13H14ClN3. The Kier molecular flexibility index (Phi) is 2.87. The minimum Gasteiger partial charge on any atom is -0.341 e. The molecule has 1 saturated carbocycles. The molecule has 88 valence electrons. The van der Waals surface area contributed by atoms with Gasteiger partial charge in [-0.25, -0.2) is 4.98 Å². The van der Waals surface area contributed by atoms with E-state index in [1.54, 1.807) is 0 Å². The molecule has 1 heterocycles. The smallest absolute Gasteiger partial charge is 0.137 e. The Hall–Kier alpha value is -1.32. The number of nitrogens with zero attached hydrogens (tertiary/aromatic N) is 1. The van der Waals surface area contributed by atoms with E-state index in [2.05, 4.69) is 15.3 Å². The van der Waals surface area contributed by atoms with E-state index in [9.17, 15) is 0 Å². The van der Waals surface area contributed by atoms with Crippen LogP contribution in [0.3, 0.4) is 0 Å². The normalized spacial score (nSPS) is 15.1. The summed E-state index contributed by atoms with van der Waals surface area (Å²) >= 11 is 5.86. The number of halogens is 1. The average Bonchev–Trinajstić information content (AvgIpc) is 3.06. The summed E-state index contributed by atoms with van der Waals surface area (Å²) in [6.07, 6.45) is 4.50. The van der Waals surface area contributed by atoms with E-state index in [1.807, 2.05) is 30.5 Å². The second-order valence-electron chi connectivity index (χ2n) is 4.42. The Morgan fingerprint density at radius 2 is 2.06 bits per heavy atom. The number of imidazole rings is 1. The van der Waals surface area contributed by atoms with Crippen molar-refractivity contribution in [1.29, 1.82) is 0 Å². The van der Waals surface area contributed by atoms with Crippen LogP contribution in [-0.2, 0) is 6.54 Å². The number of nitrogens with one attached hydrogen (secondary N) is 2. The summed E-state index contributed by atoms with van der Waals surface area (Å²) in [5, 5.41) is 4.20. The van der Waals surface area contributed by atoms with E-state index in [1.165, 1.54) is 12.8 Å². The highest BCUT2D eigenvalue weighted by atomic mass is 35.5. The summed E-state index contributed by atoms with van der Waals surface area (Å²) in [6.45, 7) is 0.866. The monoisotopic (exact) mass is 247 g/mol. The number of aromatic nitrogens is 2. The van der Waals surface area contributed by atoms with Crippen molar-refractivity contribution in [2.24, 2.45) is 0 Å². The van der Waals surface area contributed by atoms with E-state index >= 15 is 0 Å². The fourth-order valence-corrected chi connectivity index (χ4v) is 1.87. The highest BCUT2D eigenvalue weighted by Gasteiger charge is 2.20. The van der Waals surface area contributed by atoms with Gasteiger partial charge in [-0.1, -0.05) is 11.6 Å². The van der Waals surface area contributed by atoms with Crippen LogP contribution in [0.2, 0.25) is 5.02 Å². The molecule has 3 rings (SSSR count). The van der Waals surface area contributed by atoms with Crippen molar-refractivity contribution in [3.8, 4) is 11.4 Å². The quantitative estimate of drug-likeness (QED) is 0.872. The van der Waals surface area contributed by atoms with Gasteiger partial charge in [-0.05, 0) is 37.1 Å². The first-order chi connectivity index (χ1) is 8.31. The minimum atomic E-state index is 0.720. The second-order valence-corrected chi connectivity index (χ2v) is 4.86. The minimum absolute atomic E-state index is 0.720. The zero-order valence-electron chi connectivity index (χ0n) is 9.41. The summed E-state index contributed by atoms with van der Waals surface area (Å²) in [7, 11) is 0. The molecule has 3 nitrogen and oxygen atoms in total. The third-order valence-electron chi connectivity index (χ3n) is 2.90. The lowest BCUT2D eigenvalue weighted by Gasteiger charge is -1.99. The van der Waals surface area contributed by atoms with Crippen LogP contribution in [0.1, 0.15) is 18.5 Å². The van der Waals surface area contributed by atoms with Gasteiger partial charge in [0, 0.05) is 35.1 Å². The molecule has 0 aliphatic heterocycles. The van der Waals surface area contributed by atoms with Gasteiger partial charge in [-0.15, -0.1) is 0 Å². The summed E-state index contributed by atoms with van der Waals surface area (Å²) in [5.74, 6) is 0.897. The van der Waals surface area contributed by atoms with Gasteiger partial charge in [-0.2, -0.15) is 0 Å². The highest BCUT2D eigenvalue weighted by Crippen LogP contribution is 2.20. The maximum atomic E-state index is 5.86. The standard InChI is InChI=1S/C13H14ClN3/c14-10-3-1-9(2-4-10)13-16-8-12(17-13)7-15-11-5-6-11/h1-4,8,11,15H,5-7H2,(H,16,17). The molecule has 4 heteroatoms. The van der Waals surface area contributed by atoms with Crippen LogP contribution in [0.4, 0.5) is 0 Å². The maximum Gasteiger partial charge on any atom is 0.137 e. The van der Waals surface area contributed by atoms with Crippen LogP contribution >= 0.6 is 11.6 Å². The van der Waals surface area contributed by atoms with Crippen LogP contribution in [-0.4, -0.2) is 16.0 Å². The molecule has 2 N–H and O–H groups in total. The van der Waals surface area contributed by atoms with E-state index in [0.29, 0.717) is 0 Å². The largest absolute Gasteiger partial charge is 0.341 e. The highest BCUT2D eigenvalue weighted by molar-refractivity contribution is 6.30. The first-order valence-electron chi connectivity index (χ1n) is 5.84. The molecule has 1 aliphatic rings. The second kappa shape index (κ2) is 4.51. The van der Waals surface area contributed by atoms with Crippen LogP contribution < -0.4 is 5.32 Å². The predicted molar refractivity (Wildman–Crippen MR) is 68.9 cm³/mol. The summed E-state index contributed by atoms with van der Waals surface area (Å²) in [6, 6.07) is 8.42. The van der Waals surface area contributed by atoms with E-state index in [0.717, 1.165) is 34.7 Å². The van der Waals surface area contributed by atoms with E-state index in [4.69, 9.17) is 11.6 Å². The third-order valence-corrected chi connectivity index (χ3v) is 3.16. The van der Waals surface area contributed by atoms with Gasteiger partial charge < -0.3 is 10.3 Å². The van der Waals surface area contributed by atoms with E-state index in [-0.39, 0.29) is 0 Å². The molecule has 1 fully saturated rings. The third kappa shape index (κ3) is 2.68. The fourth-order valence-electron chi connectivity index (χ4n) is 1.75. The van der Waals surface area contributed by atoms with Gasteiger partial charge in [0.1, 0.15) is 5.82 Å². The molecule has 0 unspecified atom stereocenters. The van der Waals surface area contributed by atoms with Crippen molar-refractivity contribution < 1.29 is 0 Å². The van der Waals surface area contributed by atoms with Crippen molar-refractivity contribution in [3.05, 3.63) is 41.2 Å². The van der Waals surface area contributed by atoms with Gasteiger partial charge in [0.15, 0.2) is 0 Å². The van der Waals surface area contributed by atoms with E-state index < -0.39 is 0 Å². The summed E-state index contributed by atoms with van der Waals surface area (Å²) in [4.78, 5) is 7.69. The molecule has 2 aromatic rings. The molecule has 17 heavy (non-hydrogen) atoms. The Bertz CT molecular complexity index is 500. The van der Waals surface area contributed by atoms with Gasteiger partial charge in [-0.3, -0.25) is 0 Å². The topological polar surface area (TPSA) is 40.7 Å². The molecular weight excluding hydrogens is 234 g/mol. The Morgan fingerprint density at radius 1 is 1.29 bits per heavy atom. The Morgan fingerprint density at radius 3 is 2.76 bits per heavy atom. The number of hydrogen-bond acceptors (Lipinski definition) is 2. The predicted octanol–water partition coefficient (Wildman–Crippen LogP) is 2.98. The van der Waals surface area contributed by atoms with Crippen LogP contribution in [0.25, 0.3) is 11.4 Å². The molecule has 0 spiro atoms. The number of rotatable bonds is 4. The molecule has 0 amide bonds. The van der Waals surface area contributed by atoms with Gasteiger partial charge in [0.2, 0.25) is 0 Å². The van der Waals surface area contributed by atoms with Gasteiger partial charge in [0.05, 0.1) is 0 Å². The van der Waals surface area contributed by atoms with Crippen molar-refractivity contribution in [1.82, 2.24) is 15.3 Å². The average molecular weight is 248 g/mol. The van der Waals surface area contributed by atoms with Crippen LogP contribution in [0.15, 0.2) is 30.5 Å². The summed E-state index contributed by atoms with van der Waals surface area (Å²) in [5.41, 5.74) is 2.19. The molecule has 0 bridgehead atoms. The molecule has 1 aromatic carbocycles. The van der Waals surface area contributed by atoms with Crippen LogP contribution in [0.5, 0.6) is 0 Å². The van der Waals surface area contributed by atoms with Crippen molar-refractivity contribution >= 4 is 11.6 Å². The molecule has 1 aromatic heterocycles. The zero-order valence-corrected chi connectivity index (χ0v) is 10.2. The molecule has 0 saturated heterocycles. The number of hydrogen-bond donors (Lipinski definition) is 2. The fraction of sp³-hybridized carbons (Fsp3) is 0.308. The number of benzene rings is 1. The van der Waals surface area contributed by atoms with Crippen molar-refractivity contribution in [2.75, 3.05) is 0 Å². The lowest BCUT2D eigenvalue weighted by atomic mass is 10.2. The number of aromatic amines is 1. The molecule has 0 atom stereocenters. The maximum absolute atomic E-state index is 5.86. The Balaban J connectivity index is 1.72. The van der Waals surface area contributed by atoms with Crippen molar-refractivity contribution in [3.63, 3.8) is 0 Å². The summed E-state index contributed by atoms with van der Waals surface area (Å²) < 4.78 is 0. The SMILES string of the molecule is Clc1ccc(-c2ncc(CNC3CC3)[nH]2)cc1. The first-order valence-corrected chi connectivity index (χ1v) is 6.22.